The van der Waals surface area contributed by atoms with E-state index < -0.39 is 0 Å². The van der Waals surface area contributed by atoms with Crippen LogP contribution in [-0.2, 0) is 4.79 Å². The molecule has 160 valence electrons. The lowest BCUT2D eigenvalue weighted by Gasteiger charge is -2.31. The number of amides is 1. The van der Waals surface area contributed by atoms with E-state index in [4.69, 9.17) is 5.10 Å². The molecule has 0 atom stereocenters. The number of nitrogens with zero attached hydrogens (tertiary/aromatic N) is 6. The number of nitrogens with one attached hydrogen (secondary N) is 1. The summed E-state index contributed by atoms with van der Waals surface area (Å²) < 4.78 is 3.99. The molecular weight excluding hydrogens is 390 g/mol. The highest BCUT2D eigenvalue weighted by molar-refractivity contribution is 5.84. The Bertz CT molecular complexity index is 1270. The summed E-state index contributed by atoms with van der Waals surface area (Å²) in [6.07, 6.45) is 7.71. The van der Waals surface area contributed by atoms with Gasteiger partial charge in [-0.3, -0.25) is 9.48 Å². The van der Waals surface area contributed by atoms with Gasteiger partial charge in [-0.25, -0.2) is 9.67 Å². The van der Waals surface area contributed by atoms with E-state index in [1.807, 2.05) is 28.9 Å². The molecule has 1 amide bonds. The number of H-pyrrole nitrogens is 1. The second kappa shape index (κ2) is 7.37. The molecule has 0 saturated carbocycles. The largest absolute Gasteiger partial charge is 0.343 e. The number of rotatable bonds is 3. The zero-order valence-electron chi connectivity index (χ0n) is 18.4. The monoisotopic (exact) mass is 417 g/mol. The number of likely N-dealkylation sites (tertiary alicyclic amines) is 1. The van der Waals surface area contributed by atoms with Gasteiger partial charge in [0.2, 0.25) is 5.91 Å². The molecule has 1 fully saturated rings. The van der Waals surface area contributed by atoms with E-state index in [9.17, 15) is 4.79 Å². The molecule has 1 aliphatic rings. The van der Waals surface area contributed by atoms with E-state index in [2.05, 4.69) is 51.9 Å². The predicted octanol–water partition coefficient (Wildman–Crippen LogP) is 3.72. The van der Waals surface area contributed by atoms with E-state index in [-0.39, 0.29) is 5.91 Å². The Labute approximate surface area is 180 Å². The number of fused-ring (bicyclic) bond motifs is 1. The third kappa shape index (κ3) is 3.41. The lowest BCUT2D eigenvalue weighted by Crippen LogP contribution is -2.37. The van der Waals surface area contributed by atoms with Gasteiger partial charge in [0.1, 0.15) is 5.65 Å². The lowest BCUT2D eigenvalue weighted by molar-refractivity contribution is -0.130. The molecule has 0 radical (unpaired) electrons. The van der Waals surface area contributed by atoms with Gasteiger partial charge in [0.05, 0.1) is 35.5 Å². The van der Waals surface area contributed by atoms with Crippen molar-refractivity contribution in [1.29, 1.82) is 0 Å². The summed E-state index contributed by atoms with van der Waals surface area (Å²) in [5.41, 5.74) is 7.16. The number of carbonyl (C=O) groups excluding carboxylic acids is 1. The maximum Gasteiger partial charge on any atom is 0.219 e. The van der Waals surface area contributed by atoms with Gasteiger partial charge in [0, 0.05) is 42.9 Å². The molecule has 0 aliphatic carbocycles. The van der Waals surface area contributed by atoms with Gasteiger partial charge in [-0.05, 0) is 51.3 Å². The zero-order chi connectivity index (χ0) is 21.7. The first kappa shape index (κ1) is 19.5. The van der Waals surface area contributed by atoms with Crippen molar-refractivity contribution < 1.29 is 4.79 Å². The Morgan fingerprint density at radius 1 is 1.13 bits per heavy atom. The maximum absolute atomic E-state index is 11.6. The van der Waals surface area contributed by atoms with E-state index >= 15 is 0 Å². The van der Waals surface area contributed by atoms with Gasteiger partial charge in [0.25, 0.3) is 0 Å². The van der Waals surface area contributed by atoms with Crippen molar-refractivity contribution in [2.24, 2.45) is 0 Å². The van der Waals surface area contributed by atoms with Crippen molar-refractivity contribution in [3.63, 3.8) is 0 Å². The van der Waals surface area contributed by atoms with Crippen LogP contribution in [0.3, 0.4) is 0 Å². The third-order valence-electron chi connectivity index (χ3n) is 6.45. The van der Waals surface area contributed by atoms with E-state index in [0.717, 1.165) is 70.9 Å². The summed E-state index contributed by atoms with van der Waals surface area (Å²) in [6.45, 7) is 9.38. The first-order valence-electron chi connectivity index (χ1n) is 10.7. The molecule has 5 rings (SSSR count). The van der Waals surface area contributed by atoms with Crippen LogP contribution < -0.4 is 0 Å². The number of hydrogen-bond acceptors (Lipinski definition) is 4. The first-order chi connectivity index (χ1) is 14.9. The Kier molecular flexibility index (Phi) is 4.64. The van der Waals surface area contributed by atoms with Crippen molar-refractivity contribution in [1.82, 2.24) is 34.4 Å². The fourth-order valence-electron chi connectivity index (χ4n) is 4.39. The lowest BCUT2D eigenvalue weighted by atomic mass is 10.1. The molecule has 4 aromatic heterocycles. The molecule has 31 heavy (non-hydrogen) atoms. The number of hydrogen-bond donors (Lipinski definition) is 1. The minimum atomic E-state index is 0.154. The molecule has 0 bridgehead atoms. The second-order valence-electron chi connectivity index (χ2n) is 8.48. The zero-order valence-corrected chi connectivity index (χ0v) is 18.4. The Balaban J connectivity index is 1.43. The molecule has 5 heterocycles. The van der Waals surface area contributed by atoms with Crippen molar-refractivity contribution in [3.05, 3.63) is 47.7 Å². The van der Waals surface area contributed by atoms with Gasteiger partial charge >= 0.3 is 0 Å². The summed E-state index contributed by atoms with van der Waals surface area (Å²) in [6, 6.07) is 4.56. The van der Waals surface area contributed by atoms with Crippen LogP contribution in [-0.4, -0.2) is 53.4 Å². The molecule has 0 unspecified atom stereocenters. The topological polar surface area (TPSA) is 84.6 Å². The highest BCUT2D eigenvalue weighted by Gasteiger charge is 2.23. The average molecular weight is 418 g/mol. The van der Waals surface area contributed by atoms with E-state index in [1.165, 1.54) is 0 Å². The maximum atomic E-state index is 11.6. The minimum Gasteiger partial charge on any atom is -0.343 e. The first-order valence-corrected chi connectivity index (χ1v) is 10.7. The number of aryl methyl sites for hydroxylation is 2. The summed E-state index contributed by atoms with van der Waals surface area (Å²) in [4.78, 5) is 21.6. The van der Waals surface area contributed by atoms with Crippen LogP contribution in [0.4, 0.5) is 0 Å². The fraction of sp³-hybridized carbons (Fsp3) is 0.391. The van der Waals surface area contributed by atoms with Gasteiger partial charge in [-0.2, -0.15) is 10.2 Å². The summed E-state index contributed by atoms with van der Waals surface area (Å²) in [5, 5.41) is 10.3. The van der Waals surface area contributed by atoms with Gasteiger partial charge in [-0.1, -0.05) is 0 Å². The SMILES string of the molecule is CC(=O)N1CCC(n2cc(-c3cc4cc(-n5ncc(C)c5C)cnc4[nH]3)c(C)n2)CC1. The molecule has 0 aromatic carbocycles. The highest BCUT2D eigenvalue weighted by Crippen LogP contribution is 2.30. The fourth-order valence-corrected chi connectivity index (χ4v) is 4.39. The standard InChI is InChI=1S/C23H27N7O/c1-14-11-25-30(16(14)3)20-9-18-10-22(26-23(18)24-12-20)21-13-29(27-15(21)2)19-5-7-28(8-6-19)17(4)31/h9-13,19H,5-8H2,1-4H3,(H,24,26). The molecule has 8 heteroatoms. The third-order valence-corrected chi connectivity index (χ3v) is 6.45. The van der Waals surface area contributed by atoms with Crippen LogP contribution in [0.2, 0.25) is 0 Å². The molecule has 1 N–H and O–H groups in total. The molecule has 4 aromatic rings. The van der Waals surface area contributed by atoms with Crippen molar-refractivity contribution >= 4 is 16.9 Å². The highest BCUT2D eigenvalue weighted by atomic mass is 16.2. The van der Waals surface area contributed by atoms with E-state index in [0.29, 0.717) is 6.04 Å². The van der Waals surface area contributed by atoms with E-state index in [1.54, 1.807) is 6.92 Å². The summed E-state index contributed by atoms with van der Waals surface area (Å²) >= 11 is 0. The predicted molar refractivity (Wildman–Crippen MR) is 119 cm³/mol. The molecule has 1 saturated heterocycles. The van der Waals surface area contributed by atoms with Crippen LogP contribution >= 0.6 is 0 Å². The van der Waals surface area contributed by atoms with Crippen LogP contribution in [0.1, 0.15) is 42.8 Å². The van der Waals surface area contributed by atoms with Crippen LogP contribution in [0.25, 0.3) is 28.0 Å². The second-order valence-corrected chi connectivity index (χ2v) is 8.48. The van der Waals surface area contributed by atoms with Crippen molar-refractivity contribution in [3.8, 4) is 16.9 Å². The molecule has 0 spiro atoms. The van der Waals surface area contributed by atoms with Crippen LogP contribution in [0.5, 0.6) is 0 Å². The van der Waals surface area contributed by atoms with Crippen LogP contribution in [0.15, 0.2) is 30.7 Å². The quantitative estimate of drug-likeness (QED) is 0.551. The Hall–Kier alpha value is -3.42. The minimum absolute atomic E-state index is 0.154. The average Bonchev–Trinajstić information content (AvgIpc) is 3.44. The molecule has 8 nitrogen and oxygen atoms in total. The molecule has 1 aliphatic heterocycles. The Morgan fingerprint density at radius 3 is 2.58 bits per heavy atom. The number of aromatic nitrogens is 6. The number of piperidine rings is 1. The number of carbonyl (C=O) groups is 1. The van der Waals surface area contributed by atoms with Crippen molar-refractivity contribution in [2.45, 2.75) is 46.6 Å². The summed E-state index contributed by atoms with van der Waals surface area (Å²) in [5.74, 6) is 0.154. The van der Waals surface area contributed by atoms with Crippen molar-refractivity contribution in [2.75, 3.05) is 13.1 Å². The Morgan fingerprint density at radius 2 is 1.90 bits per heavy atom. The van der Waals surface area contributed by atoms with Gasteiger partial charge in [-0.15, -0.1) is 0 Å². The number of aromatic amines is 1. The van der Waals surface area contributed by atoms with Crippen LogP contribution in [0, 0.1) is 20.8 Å². The molecular formula is C23H27N7O. The van der Waals surface area contributed by atoms with Gasteiger partial charge < -0.3 is 9.88 Å². The van der Waals surface area contributed by atoms with Gasteiger partial charge in [0.15, 0.2) is 0 Å². The summed E-state index contributed by atoms with van der Waals surface area (Å²) in [7, 11) is 0. The number of pyridine rings is 1. The normalized spacial score (nSPS) is 15.2. The smallest absolute Gasteiger partial charge is 0.219 e.